The van der Waals surface area contributed by atoms with Gasteiger partial charge in [-0.15, -0.1) is 0 Å². The molecule has 0 aliphatic carbocycles. The first-order valence-electron chi connectivity index (χ1n) is 9.81. The van der Waals surface area contributed by atoms with Crippen LogP contribution >= 0.6 is 0 Å². The number of carbonyl (C=O) groups excluding carboxylic acids is 1. The highest BCUT2D eigenvalue weighted by Crippen LogP contribution is 2.37. The number of nitrogens with zero attached hydrogens (tertiary/aromatic N) is 1. The summed E-state index contributed by atoms with van der Waals surface area (Å²) in [5.41, 5.74) is 4.07. The predicted octanol–water partition coefficient (Wildman–Crippen LogP) is 3.41. The molecule has 2 aromatic rings. The standard InChI is InChI=1S/C22H25N3O2/c1-15-12-17-13-16(6-7-20(17)27-15)14-25-10-8-22(9-11-25)21(26)23-18-4-2-3-5-19(18)24-22/h2-7,13,15,24H,8-12,14H2,1H3,(H,23,26). The van der Waals surface area contributed by atoms with Crippen LogP contribution in [-0.2, 0) is 17.8 Å². The van der Waals surface area contributed by atoms with E-state index in [2.05, 4.69) is 40.7 Å². The number of para-hydroxylation sites is 2. The number of amides is 1. The Morgan fingerprint density at radius 3 is 2.74 bits per heavy atom. The molecule has 3 aliphatic rings. The largest absolute Gasteiger partial charge is 0.490 e. The molecule has 5 heteroatoms. The SMILES string of the molecule is CC1Cc2cc(CN3CCC4(CC3)Nc3ccccc3NC4=O)ccc2O1. The Labute approximate surface area is 159 Å². The predicted molar refractivity (Wildman–Crippen MR) is 106 cm³/mol. The average molecular weight is 363 g/mol. The topological polar surface area (TPSA) is 53.6 Å². The molecule has 2 aromatic carbocycles. The van der Waals surface area contributed by atoms with Crippen LogP contribution in [0.4, 0.5) is 11.4 Å². The van der Waals surface area contributed by atoms with Crippen molar-refractivity contribution in [3.63, 3.8) is 0 Å². The summed E-state index contributed by atoms with van der Waals surface area (Å²) in [6.07, 6.45) is 2.91. The minimum Gasteiger partial charge on any atom is -0.490 e. The average Bonchev–Trinajstić information content (AvgIpc) is 3.04. The van der Waals surface area contributed by atoms with Crippen LogP contribution in [0, 0.1) is 0 Å². The van der Waals surface area contributed by atoms with Crippen molar-refractivity contribution in [1.29, 1.82) is 0 Å². The number of hydrogen-bond donors (Lipinski definition) is 2. The van der Waals surface area contributed by atoms with E-state index in [1.54, 1.807) is 0 Å². The maximum absolute atomic E-state index is 12.8. The summed E-state index contributed by atoms with van der Waals surface area (Å²) in [6.45, 7) is 4.86. The van der Waals surface area contributed by atoms with Gasteiger partial charge in [0.25, 0.3) is 0 Å². The number of piperidine rings is 1. The van der Waals surface area contributed by atoms with Gasteiger partial charge in [0.15, 0.2) is 0 Å². The third kappa shape index (κ3) is 2.96. The fourth-order valence-electron chi connectivity index (χ4n) is 4.53. The van der Waals surface area contributed by atoms with Crippen LogP contribution in [0.1, 0.15) is 30.9 Å². The zero-order valence-electron chi connectivity index (χ0n) is 15.6. The van der Waals surface area contributed by atoms with Crippen LogP contribution in [0.25, 0.3) is 0 Å². The number of carbonyl (C=O) groups is 1. The van der Waals surface area contributed by atoms with Gasteiger partial charge < -0.3 is 15.4 Å². The van der Waals surface area contributed by atoms with Gasteiger partial charge in [0, 0.05) is 26.1 Å². The number of rotatable bonds is 2. The van der Waals surface area contributed by atoms with Crippen LogP contribution in [0.15, 0.2) is 42.5 Å². The van der Waals surface area contributed by atoms with E-state index >= 15 is 0 Å². The molecule has 1 spiro atoms. The van der Waals surface area contributed by atoms with Gasteiger partial charge in [-0.25, -0.2) is 0 Å². The molecular weight excluding hydrogens is 338 g/mol. The first-order valence-corrected chi connectivity index (χ1v) is 9.81. The monoisotopic (exact) mass is 363 g/mol. The van der Waals surface area contributed by atoms with E-state index in [9.17, 15) is 4.79 Å². The third-order valence-corrected chi connectivity index (χ3v) is 6.06. The number of likely N-dealkylation sites (tertiary alicyclic amines) is 1. The summed E-state index contributed by atoms with van der Waals surface area (Å²) >= 11 is 0. The molecule has 5 rings (SSSR count). The zero-order valence-corrected chi connectivity index (χ0v) is 15.6. The van der Waals surface area contributed by atoms with Crippen molar-refractivity contribution in [3.8, 4) is 5.75 Å². The Balaban J connectivity index is 1.26. The Hall–Kier alpha value is -2.53. The Morgan fingerprint density at radius 1 is 1.15 bits per heavy atom. The number of benzene rings is 2. The molecule has 1 unspecified atom stereocenters. The number of hydrogen-bond acceptors (Lipinski definition) is 4. The summed E-state index contributed by atoms with van der Waals surface area (Å²) in [5.74, 6) is 1.13. The van der Waals surface area contributed by atoms with Gasteiger partial charge in [0.1, 0.15) is 17.4 Å². The lowest BCUT2D eigenvalue weighted by Crippen LogP contribution is -2.58. The molecule has 0 bridgehead atoms. The van der Waals surface area contributed by atoms with E-state index in [0.29, 0.717) is 0 Å². The van der Waals surface area contributed by atoms with Gasteiger partial charge in [-0.05, 0) is 49.1 Å². The Bertz CT molecular complexity index is 887. The van der Waals surface area contributed by atoms with Gasteiger partial charge in [-0.1, -0.05) is 24.3 Å². The van der Waals surface area contributed by atoms with E-state index < -0.39 is 5.54 Å². The molecule has 27 heavy (non-hydrogen) atoms. The van der Waals surface area contributed by atoms with Crippen molar-refractivity contribution in [2.24, 2.45) is 0 Å². The number of nitrogens with one attached hydrogen (secondary N) is 2. The summed E-state index contributed by atoms with van der Waals surface area (Å²) in [4.78, 5) is 15.2. The van der Waals surface area contributed by atoms with E-state index in [1.165, 1.54) is 11.1 Å². The molecule has 2 N–H and O–H groups in total. The van der Waals surface area contributed by atoms with Crippen molar-refractivity contribution in [3.05, 3.63) is 53.6 Å². The van der Waals surface area contributed by atoms with Crippen LogP contribution in [-0.4, -0.2) is 35.5 Å². The lowest BCUT2D eigenvalue weighted by atomic mass is 9.84. The van der Waals surface area contributed by atoms with Crippen LogP contribution in [0.5, 0.6) is 5.75 Å². The van der Waals surface area contributed by atoms with Crippen molar-refractivity contribution < 1.29 is 9.53 Å². The van der Waals surface area contributed by atoms with Gasteiger partial charge in [-0.2, -0.15) is 0 Å². The van der Waals surface area contributed by atoms with Crippen LogP contribution < -0.4 is 15.4 Å². The maximum Gasteiger partial charge on any atom is 0.250 e. The lowest BCUT2D eigenvalue weighted by Gasteiger charge is -2.44. The van der Waals surface area contributed by atoms with Crippen LogP contribution in [0.2, 0.25) is 0 Å². The minimum absolute atomic E-state index is 0.101. The van der Waals surface area contributed by atoms with E-state index in [-0.39, 0.29) is 12.0 Å². The van der Waals surface area contributed by atoms with Crippen molar-refractivity contribution in [2.45, 2.75) is 44.4 Å². The number of fused-ring (bicyclic) bond motifs is 2. The van der Waals surface area contributed by atoms with Crippen molar-refractivity contribution in [1.82, 2.24) is 4.90 Å². The first kappa shape index (κ1) is 16.6. The molecule has 140 valence electrons. The molecule has 0 saturated carbocycles. The Morgan fingerprint density at radius 2 is 1.93 bits per heavy atom. The third-order valence-electron chi connectivity index (χ3n) is 6.06. The summed E-state index contributed by atoms with van der Waals surface area (Å²) < 4.78 is 5.80. The fraction of sp³-hybridized carbons (Fsp3) is 0.409. The lowest BCUT2D eigenvalue weighted by molar-refractivity contribution is -0.122. The molecule has 1 fully saturated rings. The molecule has 1 saturated heterocycles. The quantitative estimate of drug-likeness (QED) is 0.859. The highest BCUT2D eigenvalue weighted by molar-refractivity contribution is 6.06. The van der Waals surface area contributed by atoms with Crippen molar-refractivity contribution >= 4 is 17.3 Å². The normalized spacial score (nSPS) is 23.1. The molecule has 1 amide bonds. The molecular formula is C22H25N3O2. The molecule has 3 heterocycles. The van der Waals surface area contributed by atoms with Gasteiger partial charge in [0.2, 0.25) is 5.91 Å². The highest BCUT2D eigenvalue weighted by Gasteiger charge is 2.44. The fourth-order valence-corrected chi connectivity index (χ4v) is 4.53. The smallest absolute Gasteiger partial charge is 0.250 e. The second-order valence-corrected chi connectivity index (χ2v) is 8.06. The van der Waals surface area contributed by atoms with E-state index in [0.717, 1.165) is 56.0 Å². The van der Waals surface area contributed by atoms with Gasteiger partial charge in [-0.3, -0.25) is 9.69 Å². The number of ether oxygens (including phenoxy) is 1. The van der Waals surface area contributed by atoms with Gasteiger partial charge in [0.05, 0.1) is 11.4 Å². The van der Waals surface area contributed by atoms with E-state index in [1.807, 2.05) is 24.3 Å². The second-order valence-electron chi connectivity index (χ2n) is 8.06. The minimum atomic E-state index is -0.480. The molecule has 5 nitrogen and oxygen atoms in total. The van der Waals surface area contributed by atoms with Gasteiger partial charge >= 0.3 is 0 Å². The Kier molecular flexibility index (Phi) is 3.86. The number of anilines is 2. The maximum atomic E-state index is 12.8. The summed E-state index contributed by atoms with van der Waals surface area (Å²) in [7, 11) is 0. The second kappa shape index (κ2) is 6.27. The van der Waals surface area contributed by atoms with E-state index in [4.69, 9.17) is 4.74 Å². The molecule has 1 atom stereocenters. The van der Waals surface area contributed by atoms with Crippen LogP contribution in [0.3, 0.4) is 0 Å². The molecule has 0 aromatic heterocycles. The first-order chi connectivity index (χ1) is 13.1. The highest BCUT2D eigenvalue weighted by atomic mass is 16.5. The molecule has 0 radical (unpaired) electrons. The zero-order chi connectivity index (χ0) is 18.4. The summed E-state index contributed by atoms with van der Waals surface area (Å²) in [6, 6.07) is 14.5. The molecule has 3 aliphatic heterocycles. The van der Waals surface area contributed by atoms with Crippen molar-refractivity contribution in [2.75, 3.05) is 23.7 Å². The summed E-state index contributed by atoms with van der Waals surface area (Å²) in [5, 5.41) is 6.61.